The van der Waals surface area contributed by atoms with Crippen molar-refractivity contribution in [2.45, 2.75) is 19.8 Å². The molecule has 0 bridgehead atoms. The molecule has 0 radical (unpaired) electrons. The minimum absolute atomic E-state index is 0.0959. The molecule has 0 saturated heterocycles. The van der Waals surface area contributed by atoms with Gasteiger partial charge in [-0.05, 0) is 18.1 Å². The van der Waals surface area contributed by atoms with Crippen molar-refractivity contribution in [2.75, 3.05) is 5.73 Å². The number of nitrogens with two attached hydrogens (primary N) is 1. The molecule has 1 heterocycles. The van der Waals surface area contributed by atoms with Gasteiger partial charge in [0.25, 0.3) is 0 Å². The zero-order valence-corrected chi connectivity index (χ0v) is 8.13. The standard InChI is InChI=1S/C10H12FN3/c1-5(2)8-6(11)3-4-7-9(8)10(12)14-13-7/h3-5H,1-2H3,(H3,12,13,14). The van der Waals surface area contributed by atoms with Gasteiger partial charge in [-0.1, -0.05) is 13.8 Å². The molecule has 0 fully saturated rings. The number of aromatic amines is 1. The maximum Gasteiger partial charge on any atom is 0.153 e. The number of benzene rings is 1. The molecule has 0 amide bonds. The van der Waals surface area contributed by atoms with Crippen LogP contribution in [0.2, 0.25) is 0 Å². The second-order valence-corrected chi connectivity index (χ2v) is 3.65. The number of hydrogen-bond acceptors (Lipinski definition) is 2. The van der Waals surface area contributed by atoms with Crippen LogP contribution in [-0.2, 0) is 0 Å². The van der Waals surface area contributed by atoms with Gasteiger partial charge in [0, 0.05) is 10.9 Å². The predicted molar refractivity (Wildman–Crippen MR) is 54.6 cm³/mol. The molecule has 0 aliphatic rings. The van der Waals surface area contributed by atoms with E-state index in [0.29, 0.717) is 16.8 Å². The summed E-state index contributed by atoms with van der Waals surface area (Å²) in [7, 11) is 0. The highest BCUT2D eigenvalue weighted by molar-refractivity contribution is 5.92. The lowest BCUT2D eigenvalue weighted by molar-refractivity contribution is 0.602. The summed E-state index contributed by atoms with van der Waals surface area (Å²) in [6, 6.07) is 3.09. The summed E-state index contributed by atoms with van der Waals surface area (Å²) in [5.41, 5.74) is 7.09. The number of nitrogen functional groups attached to an aromatic ring is 1. The van der Waals surface area contributed by atoms with Gasteiger partial charge in [-0.2, -0.15) is 5.10 Å². The fraction of sp³-hybridized carbons (Fsp3) is 0.300. The van der Waals surface area contributed by atoms with Crippen molar-refractivity contribution < 1.29 is 4.39 Å². The van der Waals surface area contributed by atoms with Crippen LogP contribution in [0.4, 0.5) is 10.2 Å². The molecule has 14 heavy (non-hydrogen) atoms. The van der Waals surface area contributed by atoms with E-state index in [9.17, 15) is 4.39 Å². The Bertz CT molecular complexity index is 473. The van der Waals surface area contributed by atoms with E-state index in [1.54, 1.807) is 6.07 Å². The predicted octanol–water partition coefficient (Wildman–Crippen LogP) is 2.41. The Balaban J connectivity index is 2.87. The zero-order chi connectivity index (χ0) is 10.3. The van der Waals surface area contributed by atoms with Crippen LogP contribution < -0.4 is 5.73 Å². The van der Waals surface area contributed by atoms with Gasteiger partial charge in [0.2, 0.25) is 0 Å². The van der Waals surface area contributed by atoms with Crippen molar-refractivity contribution in [3.63, 3.8) is 0 Å². The molecule has 3 nitrogen and oxygen atoms in total. The molecule has 2 aromatic rings. The number of rotatable bonds is 1. The van der Waals surface area contributed by atoms with Gasteiger partial charge >= 0.3 is 0 Å². The van der Waals surface area contributed by atoms with E-state index in [2.05, 4.69) is 10.2 Å². The van der Waals surface area contributed by atoms with Gasteiger partial charge in [-0.3, -0.25) is 5.10 Å². The summed E-state index contributed by atoms with van der Waals surface area (Å²) in [5, 5.41) is 7.34. The van der Waals surface area contributed by atoms with Crippen molar-refractivity contribution in [1.82, 2.24) is 10.2 Å². The smallest absolute Gasteiger partial charge is 0.153 e. The zero-order valence-electron chi connectivity index (χ0n) is 8.13. The van der Waals surface area contributed by atoms with Crippen LogP contribution in [0.25, 0.3) is 10.9 Å². The Morgan fingerprint density at radius 2 is 2.14 bits per heavy atom. The van der Waals surface area contributed by atoms with Crippen molar-refractivity contribution in [3.05, 3.63) is 23.5 Å². The Hall–Kier alpha value is -1.58. The lowest BCUT2D eigenvalue weighted by atomic mass is 9.98. The molecular formula is C10H12FN3. The molecule has 0 unspecified atom stereocenters. The highest BCUT2D eigenvalue weighted by Gasteiger charge is 2.15. The van der Waals surface area contributed by atoms with E-state index < -0.39 is 0 Å². The van der Waals surface area contributed by atoms with E-state index in [0.717, 1.165) is 5.52 Å². The Kier molecular flexibility index (Phi) is 1.91. The van der Waals surface area contributed by atoms with Crippen LogP contribution in [0.15, 0.2) is 12.1 Å². The number of halogens is 1. The van der Waals surface area contributed by atoms with Crippen LogP contribution >= 0.6 is 0 Å². The first-order valence-corrected chi connectivity index (χ1v) is 4.53. The van der Waals surface area contributed by atoms with Crippen LogP contribution in [0.5, 0.6) is 0 Å². The summed E-state index contributed by atoms with van der Waals surface area (Å²) < 4.78 is 13.5. The minimum atomic E-state index is -0.222. The van der Waals surface area contributed by atoms with Crippen LogP contribution in [-0.4, -0.2) is 10.2 Å². The molecule has 2 rings (SSSR count). The molecule has 0 saturated carbocycles. The number of H-pyrrole nitrogens is 1. The molecule has 0 aliphatic carbocycles. The lowest BCUT2D eigenvalue weighted by Gasteiger charge is -2.08. The first-order valence-electron chi connectivity index (χ1n) is 4.53. The lowest BCUT2D eigenvalue weighted by Crippen LogP contribution is -1.96. The third kappa shape index (κ3) is 1.14. The fourth-order valence-electron chi connectivity index (χ4n) is 1.70. The summed E-state index contributed by atoms with van der Waals surface area (Å²) >= 11 is 0. The largest absolute Gasteiger partial charge is 0.382 e. The maximum absolute atomic E-state index is 13.5. The molecular weight excluding hydrogens is 181 g/mol. The second-order valence-electron chi connectivity index (χ2n) is 3.65. The number of hydrogen-bond donors (Lipinski definition) is 2. The van der Waals surface area contributed by atoms with Crippen molar-refractivity contribution in [2.24, 2.45) is 0 Å². The van der Waals surface area contributed by atoms with Gasteiger partial charge in [0.15, 0.2) is 5.82 Å². The van der Waals surface area contributed by atoms with Crippen LogP contribution in [0, 0.1) is 5.82 Å². The molecule has 0 atom stereocenters. The van der Waals surface area contributed by atoms with Crippen LogP contribution in [0.1, 0.15) is 25.3 Å². The Labute approximate surface area is 81.1 Å². The molecule has 0 spiro atoms. The number of aromatic nitrogens is 2. The van der Waals surface area contributed by atoms with Gasteiger partial charge in [0.1, 0.15) is 5.82 Å². The maximum atomic E-state index is 13.5. The minimum Gasteiger partial charge on any atom is -0.382 e. The molecule has 3 N–H and O–H groups in total. The summed E-state index contributed by atoms with van der Waals surface area (Å²) in [6.45, 7) is 3.87. The number of nitrogens with one attached hydrogen (secondary N) is 1. The van der Waals surface area contributed by atoms with E-state index in [1.165, 1.54) is 6.07 Å². The van der Waals surface area contributed by atoms with Gasteiger partial charge < -0.3 is 5.73 Å². The Morgan fingerprint density at radius 3 is 2.79 bits per heavy atom. The molecule has 74 valence electrons. The van der Waals surface area contributed by atoms with Gasteiger partial charge in [-0.25, -0.2) is 4.39 Å². The fourth-order valence-corrected chi connectivity index (χ4v) is 1.70. The average molecular weight is 193 g/mol. The Morgan fingerprint density at radius 1 is 1.43 bits per heavy atom. The average Bonchev–Trinajstić information content (AvgIpc) is 2.47. The van der Waals surface area contributed by atoms with Crippen molar-refractivity contribution >= 4 is 16.7 Å². The van der Waals surface area contributed by atoms with E-state index in [-0.39, 0.29) is 11.7 Å². The number of anilines is 1. The number of fused-ring (bicyclic) bond motifs is 1. The quantitative estimate of drug-likeness (QED) is 0.730. The van der Waals surface area contributed by atoms with E-state index in [4.69, 9.17) is 5.73 Å². The highest BCUT2D eigenvalue weighted by atomic mass is 19.1. The van der Waals surface area contributed by atoms with Crippen molar-refractivity contribution in [3.8, 4) is 0 Å². The normalized spacial score (nSPS) is 11.4. The van der Waals surface area contributed by atoms with E-state index in [1.807, 2.05) is 13.8 Å². The molecule has 1 aromatic carbocycles. The molecule has 4 heteroatoms. The first-order chi connectivity index (χ1) is 6.61. The molecule has 0 aliphatic heterocycles. The second kappa shape index (κ2) is 2.97. The number of nitrogens with zero attached hydrogens (tertiary/aromatic N) is 1. The third-order valence-electron chi connectivity index (χ3n) is 2.32. The van der Waals surface area contributed by atoms with Gasteiger partial charge in [-0.15, -0.1) is 0 Å². The van der Waals surface area contributed by atoms with Crippen molar-refractivity contribution in [1.29, 1.82) is 0 Å². The van der Waals surface area contributed by atoms with Gasteiger partial charge in [0.05, 0.1) is 5.52 Å². The summed E-state index contributed by atoms with van der Waals surface area (Å²) in [5.74, 6) is 0.238. The topological polar surface area (TPSA) is 54.7 Å². The highest BCUT2D eigenvalue weighted by Crippen LogP contribution is 2.30. The van der Waals surface area contributed by atoms with E-state index >= 15 is 0 Å². The third-order valence-corrected chi connectivity index (χ3v) is 2.32. The summed E-state index contributed by atoms with van der Waals surface area (Å²) in [6.07, 6.45) is 0. The summed E-state index contributed by atoms with van der Waals surface area (Å²) in [4.78, 5) is 0. The molecule has 1 aromatic heterocycles. The first kappa shape index (κ1) is 8.99. The van der Waals surface area contributed by atoms with Crippen LogP contribution in [0.3, 0.4) is 0 Å². The monoisotopic (exact) mass is 193 g/mol. The SMILES string of the molecule is CC(C)c1c(F)ccc2[nH]nc(N)c12.